The van der Waals surface area contributed by atoms with Gasteiger partial charge in [-0.05, 0) is 44.2 Å². The van der Waals surface area contributed by atoms with Crippen molar-refractivity contribution in [3.8, 4) is 23.0 Å². The van der Waals surface area contributed by atoms with Crippen LogP contribution in [0, 0.1) is 0 Å². The van der Waals surface area contributed by atoms with Gasteiger partial charge < -0.3 is 49.1 Å². The van der Waals surface area contributed by atoms with Crippen LogP contribution in [-0.4, -0.2) is 141 Å². The van der Waals surface area contributed by atoms with Gasteiger partial charge in [0.25, 0.3) is 32.1 Å². The molecule has 4 aliphatic rings. The number of benzene rings is 2. The lowest BCUT2D eigenvalue weighted by atomic mass is 10.1. The molecule has 0 aliphatic carbocycles. The minimum atomic E-state index is -4.64. The van der Waals surface area contributed by atoms with Gasteiger partial charge in [-0.1, -0.05) is 24.3 Å². The van der Waals surface area contributed by atoms with Crippen LogP contribution in [0.25, 0.3) is 0 Å². The standard InChI is InChI=1S/C37H49N4O14PS2/c1-22-14-28-34(57(46,47)48)38-26-18-32(30(52-3)16-24(26)36(43)40(28)20-22)54-9-6-12-56(45,11-5-8-42)13-7-10-55-33-19-27-25(17-31(33)53-4)37(44)41-21-23(2)15-29(41)35(39-27)58(49,50)51/h16-19,28-29,34-35,38-39,42H,1-2,5-15,20-21H2,3-4H3,(H,46,47,48)(H,49,50,51)/t28-,29-,34?,35?,56?/m0/s1. The van der Waals surface area contributed by atoms with E-state index >= 15 is 0 Å². The van der Waals surface area contributed by atoms with Crippen LogP contribution in [0.3, 0.4) is 0 Å². The van der Waals surface area contributed by atoms with Crippen LogP contribution in [0.1, 0.15) is 52.8 Å². The molecule has 0 radical (unpaired) electrons. The average molecular weight is 869 g/mol. The van der Waals surface area contributed by atoms with Gasteiger partial charge in [-0.25, -0.2) is 0 Å². The SMILES string of the molecule is C=C1C[C@H]2C(S(=O)(=O)O)Nc3cc(OCCCP(=O)(CCCO)CCCOc4cc5c(cc4OC)C(=O)N4CC(=C)C[C@H]4C(S(=O)(=O)O)N5)c(OC)cc3C(=O)N2C1. The summed E-state index contributed by atoms with van der Waals surface area (Å²) in [7, 11) is -9.38. The Morgan fingerprint density at radius 2 is 1.10 bits per heavy atom. The van der Waals surface area contributed by atoms with E-state index in [0.29, 0.717) is 30.4 Å². The molecule has 4 atom stereocenters. The molecule has 58 heavy (non-hydrogen) atoms. The van der Waals surface area contributed by atoms with Crippen molar-refractivity contribution in [3.63, 3.8) is 0 Å². The molecule has 0 aromatic heterocycles. The molecular weight excluding hydrogens is 820 g/mol. The summed E-state index contributed by atoms with van der Waals surface area (Å²) in [5.74, 6) is -0.105. The first-order chi connectivity index (χ1) is 27.4. The zero-order valence-corrected chi connectivity index (χ0v) is 34.7. The number of carbonyl (C=O) groups is 2. The first-order valence-corrected chi connectivity index (χ1v) is 23.9. The van der Waals surface area contributed by atoms with E-state index in [1.54, 1.807) is 0 Å². The highest BCUT2D eigenvalue weighted by molar-refractivity contribution is 7.86. The Hall–Kier alpha value is -4.33. The van der Waals surface area contributed by atoms with Crippen molar-refractivity contribution >= 4 is 50.6 Å². The molecule has 2 unspecified atom stereocenters. The van der Waals surface area contributed by atoms with E-state index in [1.165, 1.54) is 48.3 Å². The fraction of sp³-hybridized carbons (Fsp3) is 0.514. The highest BCUT2D eigenvalue weighted by Gasteiger charge is 2.47. The van der Waals surface area contributed by atoms with Gasteiger partial charge >= 0.3 is 0 Å². The molecule has 2 amide bonds. The number of nitrogens with zero attached hydrogens (tertiary/aromatic N) is 2. The zero-order valence-electron chi connectivity index (χ0n) is 32.2. The van der Waals surface area contributed by atoms with Crippen molar-refractivity contribution in [1.29, 1.82) is 0 Å². The van der Waals surface area contributed by atoms with Crippen LogP contribution >= 0.6 is 7.14 Å². The summed E-state index contributed by atoms with van der Waals surface area (Å²) in [6.07, 6.45) is 2.16. The molecule has 0 spiro atoms. The van der Waals surface area contributed by atoms with E-state index in [9.17, 15) is 45.2 Å². The second kappa shape index (κ2) is 17.1. The molecule has 18 nitrogen and oxygen atoms in total. The lowest BCUT2D eigenvalue weighted by molar-refractivity contribution is 0.0737. The first kappa shape index (κ1) is 43.3. The van der Waals surface area contributed by atoms with Crippen LogP contribution in [0.5, 0.6) is 23.0 Å². The van der Waals surface area contributed by atoms with Crippen LogP contribution in [0.15, 0.2) is 48.6 Å². The molecule has 0 saturated carbocycles. The predicted molar refractivity (Wildman–Crippen MR) is 215 cm³/mol. The highest BCUT2D eigenvalue weighted by Crippen LogP contribution is 2.48. The molecule has 4 heterocycles. The van der Waals surface area contributed by atoms with Crippen molar-refractivity contribution in [2.24, 2.45) is 0 Å². The number of ether oxygens (including phenoxy) is 4. The van der Waals surface area contributed by atoms with E-state index in [0.717, 1.165) is 0 Å². The van der Waals surface area contributed by atoms with Gasteiger partial charge in [0, 0.05) is 50.3 Å². The summed E-state index contributed by atoms with van der Waals surface area (Å²) in [5, 5.41) is 12.2. The fourth-order valence-corrected chi connectivity index (χ4v) is 12.7. The summed E-state index contributed by atoms with van der Waals surface area (Å²) < 4.78 is 107. The first-order valence-electron chi connectivity index (χ1n) is 18.7. The third-order valence-corrected chi connectivity index (χ3v) is 16.3. The molecule has 2 saturated heterocycles. The maximum absolute atomic E-state index is 14.1. The summed E-state index contributed by atoms with van der Waals surface area (Å²) in [4.78, 5) is 29.8. The lowest BCUT2D eigenvalue weighted by Crippen LogP contribution is -2.47. The minimum absolute atomic E-state index is 0.0774. The number of hydrogen-bond acceptors (Lipinski definition) is 14. The second-order valence-electron chi connectivity index (χ2n) is 14.9. The maximum atomic E-state index is 14.1. The van der Waals surface area contributed by atoms with Gasteiger partial charge in [-0.3, -0.25) is 18.7 Å². The molecule has 2 aromatic rings. The van der Waals surface area contributed by atoms with Gasteiger partial charge in [0.05, 0.1) is 69.2 Å². The van der Waals surface area contributed by atoms with Crippen LogP contribution in [-0.2, 0) is 24.8 Å². The molecule has 318 valence electrons. The maximum Gasteiger partial charge on any atom is 0.288 e. The Balaban J connectivity index is 1.10. The Morgan fingerprint density at radius 1 is 0.707 bits per heavy atom. The molecule has 2 aromatic carbocycles. The van der Waals surface area contributed by atoms with Crippen LogP contribution in [0.2, 0.25) is 0 Å². The number of methoxy groups -OCH3 is 2. The summed E-state index contributed by atoms with van der Waals surface area (Å²) in [5.41, 5.74) is 1.84. The molecular formula is C37H49N4O14PS2. The predicted octanol–water partition coefficient (Wildman–Crippen LogP) is 3.51. The van der Waals surface area contributed by atoms with Crippen molar-refractivity contribution in [3.05, 3.63) is 59.7 Å². The third-order valence-electron chi connectivity index (χ3n) is 10.8. The molecule has 0 bridgehead atoms. The number of hydrogen-bond donors (Lipinski definition) is 5. The molecule has 6 rings (SSSR count). The zero-order chi connectivity index (χ0) is 42.2. The number of nitrogens with one attached hydrogen (secondary N) is 2. The van der Waals surface area contributed by atoms with Gasteiger partial charge in [-0.15, -0.1) is 0 Å². The average Bonchev–Trinajstić information content (AvgIpc) is 3.69. The number of anilines is 2. The van der Waals surface area contributed by atoms with Gasteiger partial charge in [-0.2, -0.15) is 16.8 Å². The largest absolute Gasteiger partial charge is 0.493 e. The smallest absolute Gasteiger partial charge is 0.288 e. The Morgan fingerprint density at radius 3 is 1.47 bits per heavy atom. The normalized spacial score (nSPS) is 22.7. The summed E-state index contributed by atoms with van der Waals surface area (Å²) in [6, 6.07) is 4.02. The minimum Gasteiger partial charge on any atom is -0.493 e. The molecule has 4 aliphatic heterocycles. The third kappa shape index (κ3) is 9.11. The van der Waals surface area contributed by atoms with Crippen molar-refractivity contribution in [2.75, 3.05) is 76.2 Å². The molecule has 21 heteroatoms. The van der Waals surface area contributed by atoms with Gasteiger partial charge in [0.15, 0.2) is 33.7 Å². The number of fused-ring (bicyclic) bond motifs is 4. The second-order valence-corrected chi connectivity index (χ2v) is 21.4. The molecule has 2 fully saturated rings. The van der Waals surface area contributed by atoms with E-state index in [-0.39, 0.29) is 110 Å². The number of rotatable bonds is 17. The number of aliphatic hydroxyl groups is 1. The van der Waals surface area contributed by atoms with E-state index < -0.39 is 62.0 Å². The Labute approximate surface area is 337 Å². The van der Waals surface area contributed by atoms with Crippen molar-refractivity contribution < 1.29 is 64.1 Å². The quantitative estimate of drug-likeness (QED) is 0.0661. The summed E-state index contributed by atoms with van der Waals surface area (Å²) in [6.45, 7) is 8.06. The number of carbonyl (C=O) groups excluding carboxylic acids is 2. The van der Waals surface area contributed by atoms with E-state index in [4.69, 9.17) is 18.9 Å². The monoisotopic (exact) mass is 868 g/mol. The fourth-order valence-electron chi connectivity index (χ4n) is 8.02. The van der Waals surface area contributed by atoms with Crippen molar-refractivity contribution in [1.82, 2.24) is 9.80 Å². The molecule has 5 N–H and O–H groups in total. The van der Waals surface area contributed by atoms with Gasteiger partial charge in [0.1, 0.15) is 0 Å². The highest BCUT2D eigenvalue weighted by atomic mass is 32.2. The Kier molecular flexibility index (Phi) is 12.8. The van der Waals surface area contributed by atoms with Crippen LogP contribution < -0.4 is 29.6 Å². The van der Waals surface area contributed by atoms with Crippen LogP contribution in [0.4, 0.5) is 11.4 Å². The van der Waals surface area contributed by atoms with E-state index in [2.05, 4.69) is 23.8 Å². The number of amides is 2. The van der Waals surface area contributed by atoms with Crippen molar-refractivity contribution in [2.45, 2.75) is 54.9 Å². The lowest BCUT2D eigenvalue weighted by Gasteiger charge is -2.26. The summed E-state index contributed by atoms with van der Waals surface area (Å²) >= 11 is 0. The van der Waals surface area contributed by atoms with Gasteiger partial charge in [0.2, 0.25) is 0 Å². The van der Waals surface area contributed by atoms with E-state index in [1.807, 2.05) is 0 Å². The topological polar surface area (TPSA) is 248 Å². The number of aliphatic hydroxyl groups excluding tert-OH is 1. The Bertz CT molecular complexity index is 2100.